The van der Waals surface area contributed by atoms with Gasteiger partial charge in [0.05, 0.1) is 6.10 Å². The minimum absolute atomic E-state index is 0.0128. The molecule has 2 fully saturated rings. The maximum atomic E-state index is 12.0. The number of hydrogen-bond acceptors (Lipinski definition) is 3. The number of hydrogen-bond donors (Lipinski definition) is 2. The molecule has 110 valence electrons. The number of amides is 1. The van der Waals surface area contributed by atoms with Crippen molar-refractivity contribution in [1.29, 1.82) is 0 Å². The molecule has 1 amide bonds. The quantitative estimate of drug-likeness (QED) is 0.818. The molecular formula is C15H28N2O2. The highest BCUT2D eigenvalue weighted by atomic mass is 16.5. The van der Waals surface area contributed by atoms with Crippen molar-refractivity contribution < 1.29 is 9.53 Å². The first-order valence-electron chi connectivity index (χ1n) is 7.71. The first kappa shape index (κ1) is 14.8. The lowest BCUT2D eigenvalue weighted by Gasteiger charge is -2.37. The monoisotopic (exact) mass is 268 g/mol. The molecule has 4 heteroatoms. The molecule has 0 aromatic carbocycles. The molecule has 0 atom stereocenters. The first-order chi connectivity index (χ1) is 9.07. The van der Waals surface area contributed by atoms with E-state index in [0.29, 0.717) is 0 Å². The summed E-state index contributed by atoms with van der Waals surface area (Å²) in [4.78, 5) is 12.0. The highest BCUT2D eigenvalue weighted by Gasteiger charge is 2.31. The molecule has 1 aliphatic carbocycles. The Labute approximate surface area is 116 Å². The van der Waals surface area contributed by atoms with E-state index in [0.717, 1.165) is 44.7 Å². The molecular weight excluding hydrogens is 240 g/mol. The van der Waals surface area contributed by atoms with Crippen LogP contribution in [0.25, 0.3) is 0 Å². The van der Waals surface area contributed by atoms with E-state index in [1.165, 1.54) is 12.8 Å². The molecule has 0 radical (unpaired) electrons. The lowest BCUT2D eigenvalue weighted by Crippen LogP contribution is -2.49. The van der Waals surface area contributed by atoms with Crippen LogP contribution in [0.3, 0.4) is 0 Å². The summed E-state index contributed by atoms with van der Waals surface area (Å²) in [5.74, 6) is 0.853. The molecule has 1 saturated heterocycles. The fraction of sp³-hybridized carbons (Fsp3) is 0.933. The van der Waals surface area contributed by atoms with Crippen LogP contribution in [0.1, 0.15) is 52.4 Å². The molecule has 4 nitrogen and oxygen atoms in total. The maximum Gasteiger partial charge on any atom is 0.246 e. The van der Waals surface area contributed by atoms with Crippen LogP contribution < -0.4 is 10.6 Å². The molecule has 1 saturated carbocycles. The number of carbonyl (C=O) groups is 1. The van der Waals surface area contributed by atoms with E-state index in [-0.39, 0.29) is 24.2 Å². The van der Waals surface area contributed by atoms with Gasteiger partial charge in [-0.3, -0.25) is 4.79 Å². The van der Waals surface area contributed by atoms with Crippen LogP contribution in [0.2, 0.25) is 0 Å². The van der Waals surface area contributed by atoms with Crippen molar-refractivity contribution in [3.63, 3.8) is 0 Å². The van der Waals surface area contributed by atoms with Gasteiger partial charge in [0.1, 0.15) is 6.61 Å². The third kappa shape index (κ3) is 4.77. The van der Waals surface area contributed by atoms with Crippen molar-refractivity contribution in [3.05, 3.63) is 0 Å². The second-order valence-corrected chi connectivity index (χ2v) is 6.55. The zero-order valence-electron chi connectivity index (χ0n) is 12.3. The molecule has 2 aliphatic rings. The van der Waals surface area contributed by atoms with Crippen LogP contribution >= 0.6 is 0 Å². The van der Waals surface area contributed by atoms with E-state index in [2.05, 4.69) is 24.5 Å². The van der Waals surface area contributed by atoms with E-state index >= 15 is 0 Å². The van der Waals surface area contributed by atoms with Gasteiger partial charge in [-0.15, -0.1) is 0 Å². The lowest BCUT2D eigenvalue weighted by atomic mass is 9.78. The lowest BCUT2D eigenvalue weighted by molar-refractivity contribution is -0.130. The van der Waals surface area contributed by atoms with Crippen LogP contribution in [-0.4, -0.2) is 37.2 Å². The Morgan fingerprint density at radius 3 is 2.53 bits per heavy atom. The molecule has 1 aliphatic heterocycles. The van der Waals surface area contributed by atoms with Gasteiger partial charge in [0, 0.05) is 5.54 Å². The minimum atomic E-state index is -0.0128. The maximum absolute atomic E-state index is 12.0. The van der Waals surface area contributed by atoms with Gasteiger partial charge in [-0.05, 0) is 64.5 Å². The summed E-state index contributed by atoms with van der Waals surface area (Å²) in [6.45, 7) is 6.68. The standard InChI is InChI=1S/C15H28N2O2/c1-12-3-7-15(2,8-4-12)17-14(18)11-19-13-5-9-16-10-6-13/h12-13,16H,3-11H2,1-2H3,(H,17,18). The Hall–Kier alpha value is -0.610. The summed E-state index contributed by atoms with van der Waals surface area (Å²) < 4.78 is 5.70. The van der Waals surface area contributed by atoms with Gasteiger partial charge < -0.3 is 15.4 Å². The summed E-state index contributed by atoms with van der Waals surface area (Å²) in [6, 6.07) is 0. The predicted molar refractivity (Wildman–Crippen MR) is 76.0 cm³/mol. The van der Waals surface area contributed by atoms with E-state index in [4.69, 9.17) is 4.74 Å². The molecule has 0 aromatic rings. The summed E-state index contributed by atoms with van der Waals surface area (Å²) in [5, 5.41) is 6.47. The van der Waals surface area contributed by atoms with Gasteiger partial charge >= 0.3 is 0 Å². The largest absolute Gasteiger partial charge is 0.368 e. The Bertz CT molecular complexity index is 293. The van der Waals surface area contributed by atoms with Crippen molar-refractivity contribution in [2.24, 2.45) is 5.92 Å². The number of nitrogens with one attached hydrogen (secondary N) is 2. The summed E-state index contributed by atoms with van der Waals surface area (Å²) in [7, 11) is 0. The predicted octanol–water partition coefficient (Wildman–Crippen LogP) is 1.84. The minimum Gasteiger partial charge on any atom is -0.368 e. The summed E-state index contributed by atoms with van der Waals surface area (Å²) in [5.41, 5.74) is -0.0128. The molecule has 0 bridgehead atoms. The average Bonchev–Trinajstić information content (AvgIpc) is 2.41. The third-order valence-electron chi connectivity index (χ3n) is 4.56. The zero-order valence-corrected chi connectivity index (χ0v) is 12.3. The summed E-state index contributed by atoms with van der Waals surface area (Å²) in [6.07, 6.45) is 6.90. The highest BCUT2D eigenvalue weighted by molar-refractivity contribution is 5.78. The smallest absolute Gasteiger partial charge is 0.246 e. The van der Waals surface area contributed by atoms with Gasteiger partial charge in [-0.2, -0.15) is 0 Å². The molecule has 0 unspecified atom stereocenters. The van der Waals surface area contributed by atoms with Gasteiger partial charge in [0.25, 0.3) is 0 Å². The fourth-order valence-corrected chi connectivity index (χ4v) is 3.05. The normalized spacial score (nSPS) is 33.1. The first-order valence-corrected chi connectivity index (χ1v) is 7.71. The van der Waals surface area contributed by atoms with Crippen LogP contribution in [0.15, 0.2) is 0 Å². The fourth-order valence-electron chi connectivity index (χ4n) is 3.05. The Morgan fingerprint density at radius 1 is 1.26 bits per heavy atom. The zero-order chi connectivity index (χ0) is 13.7. The van der Waals surface area contributed by atoms with E-state index in [1.54, 1.807) is 0 Å². The van der Waals surface area contributed by atoms with Crippen molar-refractivity contribution in [2.75, 3.05) is 19.7 Å². The van der Waals surface area contributed by atoms with Crippen molar-refractivity contribution in [2.45, 2.75) is 64.0 Å². The average molecular weight is 268 g/mol. The number of rotatable bonds is 4. The molecule has 19 heavy (non-hydrogen) atoms. The molecule has 0 aromatic heterocycles. The number of piperidine rings is 1. The summed E-state index contributed by atoms with van der Waals surface area (Å²) >= 11 is 0. The highest BCUT2D eigenvalue weighted by Crippen LogP contribution is 2.31. The molecule has 2 N–H and O–H groups in total. The second kappa shape index (κ2) is 6.71. The topological polar surface area (TPSA) is 50.4 Å². The van der Waals surface area contributed by atoms with Crippen LogP contribution in [-0.2, 0) is 9.53 Å². The van der Waals surface area contributed by atoms with E-state index in [9.17, 15) is 4.79 Å². The Kier molecular flexibility index (Phi) is 5.22. The Balaban J connectivity index is 1.68. The van der Waals surface area contributed by atoms with E-state index in [1.807, 2.05) is 0 Å². The Morgan fingerprint density at radius 2 is 1.89 bits per heavy atom. The van der Waals surface area contributed by atoms with Gasteiger partial charge in [0.15, 0.2) is 0 Å². The third-order valence-corrected chi connectivity index (χ3v) is 4.56. The number of ether oxygens (including phenoxy) is 1. The SMILES string of the molecule is CC1CCC(C)(NC(=O)COC2CCNCC2)CC1. The second-order valence-electron chi connectivity index (χ2n) is 6.55. The van der Waals surface area contributed by atoms with Crippen molar-refractivity contribution >= 4 is 5.91 Å². The van der Waals surface area contributed by atoms with Gasteiger partial charge in [-0.25, -0.2) is 0 Å². The van der Waals surface area contributed by atoms with Crippen molar-refractivity contribution in [3.8, 4) is 0 Å². The van der Waals surface area contributed by atoms with Gasteiger partial charge in [0.2, 0.25) is 5.91 Å². The van der Waals surface area contributed by atoms with Crippen molar-refractivity contribution in [1.82, 2.24) is 10.6 Å². The molecule has 2 rings (SSSR count). The van der Waals surface area contributed by atoms with Crippen LogP contribution in [0.5, 0.6) is 0 Å². The molecule has 0 spiro atoms. The van der Waals surface area contributed by atoms with Crippen LogP contribution in [0, 0.1) is 5.92 Å². The molecule has 1 heterocycles. The number of carbonyl (C=O) groups excluding carboxylic acids is 1. The van der Waals surface area contributed by atoms with E-state index < -0.39 is 0 Å². The van der Waals surface area contributed by atoms with Crippen LogP contribution in [0.4, 0.5) is 0 Å². The van der Waals surface area contributed by atoms with Gasteiger partial charge in [-0.1, -0.05) is 6.92 Å².